The van der Waals surface area contributed by atoms with Gasteiger partial charge in [0, 0.05) is 21.8 Å². The van der Waals surface area contributed by atoms with Crippen molar-refractivity contribution in [2.75, 3.05) is 5.32 Å². The van der Waals surface area contributed by atoms with E-state index in [-0.39, 0.29) is 17.5 Å². The van der Waals surface area contributed by atoms with Crippen LogP contribution in [0.3, 0.4) is 0 Å². The van der Waals surface area contributed by atoms with Gasteiger partial charge in [0.1, 0.15) is 11.3 Å². The smallest absolute Gasteiger partial charge is 0.248 e. The molecule has 3 aromatic carbocycles. The molecule has 0 saturated carbocycles. The number of aromatic nitrogens is 1. The summed E-state index contributed by atoms with van der Waals surface area (Å²) in [7, 11) is 0. The Balaban J connectivity index is 1.56. The minimum Gasteiger partial charge on any atom is -0.507 e. The summed E-state index contributed by atoms with van der Waals surface area (Å²) < 4.78 is 5.75. The molecular weight excluding hydrogens is 423 g/mol. The molecule has 1 heterocycles. The Morgan fingerprint density at radius 3 is 2.73 bits per heavy atom. The Labute approximate surface area is 182 Å². The summed E-state index contributed by atoms with van der Waals surface area (Å²) in [6, 6.07) is 15.3. The highest BCUT2D eigenvalue weighted by atomic mass is 35.5. The Morgan fingerprint density at radius 1 is 1.10 bits per heavy atom. The second-order valence-electron chi connectivity index (χ2n) is 6.71. The topological polar surface area (TPSA) is 75.4 Å². The number of phenolic OH excluding ortho intramolecular Hbond substituents is 1. The predicted octanol–water partition coefficient (Wildman–Crippen LogP) is 6.47. The number of oxazole rings is 1. The Kier molecular flexibility index (Phi) is 5.48. The van der Waals surface area contributed by atoms with Crippen molar-refractivity contribution in [3.8, 4) is 17.2 Å². The maximum atomic E-state index is 12.3. The average molecular weight is 439 g/mol. The SMILES string of the molecule is Cc1ccc2oc(-c3cc(NC(=O)/C=C/c4ccc(Cl)cc4Cl)ccc3O)nc2c1. The van der Waals surface area contributed by atoms with E-state index in [0.29, 0.717) is 38.0 Å². The lowest BCUT2D eigenvalue weighted by atomic mass is 10.1. The van der Waals surface area contributed by atoms with Gasteiger partial charge in [-0.1, -0.05) is 35.3 Å². The molecule has 0 aliphatic heterocycles. The number of hydrogen-bond donors (Lipinski definition) is 2. The summed E-state index contributed by atoms with van der Waals surface area (Å²) in [4.78, 5) is 16.7. The van der Waals surface area contributed by atoms with E-state index in [0.717, 1.165) is 5.56 Å². The summed E-state index contributed by atoms with van der Waals surface area (Å²) in [5, 5.41) is 14.0. The van der Waals surface area contributed by atoms with E-state index in [1.807, 2.05) is 25.1 Å². The van der Waals surface area contributed by atoms with Crippen LogP contribution in [0, 0.1) is 6.92 Å². The van der Waals surface area contributed by atoms with Crippen LogP contribution in [0.1, 0.15) is 11.1 Å². The molecule has 7 heteroatoms. The van der Waals surface area contributed by atoms with Gasteiger partial charge < -0.3 is 14.8 Å². The first kappa shape index (κ1) is 20.0. The van der Waals surface area contributed by atoms with Crippen molar-refractivity contribution < 1.29 is 14.3 Å². The normalized spacial score (nSPS) is 11.3. The zero-order valence-electron chi connectivity index (χ0n) is 15.8. The lowest BCUT2D eigenvalue weighted by Gasteiger charge is -2.06. The number of carbonyl (C=O) groups is 1. The van der Waals surface area contributed by atoms with E-state index in [1.54, 1.807) is 36.4 Å². The zero-order valence-corrected chi connectivity index (χ0v) is 17.3. The lowest BCUT2D eigenvalue weighted by Crippen LogP contribution is -2.07. The first-order valence-electron chi connectivity index (χ1n) is 9.04. The van der Waals surface area contributed by atoms with Gasteiger partial charge in [-0.15, -0.1) is 0 Å². The Morgan fingerprint density at radius 2 is 1.93 bits per heavy atom. The van der Waals surface area contributed by atoms with Crippen LogP contribution < -0.4 is 5.32 Å². The molecule has 1 aromatic heterocycles. The third-order valence-electron chi connectivity index (χ3n) is 4.41. The van der Waals surface area contributed by atoms with Gasteiger partial charge in [-0.3, -0.25) is 4.79 Å². The minimum absolute atomic E-state index is 0.000217. The second kappa shape index (κ2) is 8.22. The Hall–Kier alpha value is -3.28. The largest absolute Gasteiger partial charge is 0.507 e. The highest BCUT2D eigenvalue weighted by Crippen LogP contribution is 2.33. The number of phenols is 1. The molecule has 150 valence electrons. The number of amides is 1. The number of aromatic hydroxyl groups is 1. The number of halogens is 2. The number of hydrogen-bond acceptors (Lipinski definition) is 4. The van der Waals surface area contributed by atoms with Gasteiger partial charge in [-0.05, 0) is 66.6 Å². The molecule has 0 unspecified atom stereocenters. The number of nitrogens with one attached hydrogen (secondary N) is 1. The quantitative estimate of drug-likeness (QED) is 0.282. The van der Waals surface area contributed by atoms with Crippen molar-refractivity contribution in [2.45, 2.75) is 6.92 Å². The molecule has 0 fully saturated rings. The summed E-state index contributed by atoms with van der Waals surface area (Å²) in [5.74, 6) is -0.0849. The summed E-state index contributed by atoms with van der Waals surface area (Å²) >= 11 is 12.0. The molecule has 4 rings (SSSR count). The molecule has 0 spiro atoms. The highest BCUT2D eigenvalue weighted by Gasteiger charge is 2.14. The van der Waals surface area contributed by atoms with Gasteiger partial charge in [0.25, 0.3) is 0 Å². The lowest BCUT2D eigenvalue weighted by molar-refractivity contribution is -0.111. The fraction of sp³-hybridized carbons (Fsp3) is 0.0435. The minimum atomic E-state index is -0.356. The highest BCUT2D eigenvalue weighted by molar-refractivity contribution is 6.35. The maximum absolute atomic E-state index is 12.3. The van der Waals surface area contributed by atoms with Gasteiger partial charge in [-0.2, -0.15) is 0 Å². The fourth-order valence-corrected chi connectivity index (χ4v) is 3.40. The number of nitrogens with zero attached hydrogens (tertiary/aromatic N) is 1. The summed E-state index contributed by atoms with van der Waals surface area (Å²) in [6.45, 7) is 1.96. The Bertz CT molecular complexity index is 1300. The van der Waals surface area contributed by atoms with Gasteiger partial charge in [0.15, 0.2) is 5.58 Å². The van der Waals surface area contributed by atoms with Crippen molar-refractivity contribution in [1.82, 2.24) is 4.98 Å². The van der Waals surface area contributed by atoms with Crippen LogP contribution >= 0.6 is 23.2 Å². The summed E-state index contributed by atoms with van der Waals surface area (Å²) in [6.07, 6.45) is 2.96. The van der Waals surface area contributed by atoms with Crippen molar-refractivity contribution in [2.24, 2.45) is 0 Å². The summed E-state index contributed by atoms with van der Waals surface area (Å²) in [5.41, 5.74) is 3.91. The molecular formula is C23H16Cl2N2O3. The van der Waals surface area contributed by atoms with Crippen LogP contribution in [0.15, 0.2) is 65.1 Å². The maximum Gasteiger partial charge on any atom is 0.248 e. The predicted molar refractivity (Wildman–Crippen MR) is 120 cm³/mol. The van der Waals surface area contributed by atoms with Crippen LogP contribution in [0.2, 0.25) is 10.0 Å². The van der Waals surface area contributed by atoms with E-state index in [1.165, 1.54) is 12.1 Å². The van der Waals surface area contributed by atoms with Crippen molar-refractivity contribution in [3.63, 3.8) is 0 Å². The van der Waals surface area contributed by atoms with Crippen molar-refractivity contribution >= 4 is 52.0 Å². The standard InChI is InChI=1S/C23H16Cl2N2O3/c1-13-2-8-21-19(10-13)27-23(30-21)17-12-16(6-7-20(17)28)26-22(29)9-4-14-3-5-15(24)11-18(14)25/h2-12,28H,1H3,(H,26,29)/b9-4+. The number of rotatable bonds is 4. The second-order valence-corrected chi connectivity index (χ2v) is 7.55. The number of fused-ring (bicyclic) bond motifs is 1. The van der Waals surface area contributed by atoms with E-state index in [2.05, 4.69) is 10.3 Å². The zero-order chi connectivity index (χ0) is 21.3. The van der Waals surface area contributed by atoms with Crippen LogP contribution in [-0.4, -0.2) is 16.0 Å². The molecule has 0 aliphatic rings. The number of carbonyl (C=O) groups excluding carboxylic acids is 1. The number of benzene rings is 3. The van der Waals surface area contributed by atoms with Crippen molar-refractivity contribution in [3.05, 3.63) is 81.8 Å². The van der Waals surface area contributed by atoms with Gasteiger partial charge in [-0.25, -0.2) is 4.98 Å². The molecule has 0 aliphatic carbocycles. The first-order chi connectivity index (χ1) is 14.4. The average Bonchev–Trinajstić information content (AvgIpc) is 3.11. The molecule has 1 amide bonds. The molecule has 5 nitrogen and oxygen atoms in total. The van der Waals surface area contributed by atoms with E-state index in [9.17, 15) is 9.90 Å². The molecule has 2 N–H and O–H groups in total. The van der Waals surface area contributed by atoms with Crippen LogP contribution in [0.5, 0.6) is 5.75 Å². The molecule has 0 radical (unpaired) electrons. The van der Waals surface area contributed by atoms with Gasteiger partial charge in [0.2, 0.25) is 11.8 Å². The monoisotopic (exact) mass is 438 g/mol. The molecule has 0 saturated heterocycles. The van der Waals surface area contributed by atoms with Gasteiger partial charge >= 0.3 is 0 Å². The van der Waals surface area contributed by atoms with E-state index >= 15 is 0 Å². The van der Waals surface area contributed by atoms with Crippen molar-refractivity contribution in [1.29, 1.82) is 0 Å². The first-order valence-corrected chi connectivity index (χ1v) is 9.79. The number of aryl methyl sites for hydroxylation is 1. The van der Waals surface area contributed by atoms with Gasteiger partial charge in [0.05, 0.1) is 5.56 Å². The van der Waals surface area contributed by atoms with E-state index < -0.39 is 0 Å². The van der Waals surface area contributed by atoms with Crippen LogP contribution in [0.25, 0.3) is 28.6 Å². The van der Waals surface area contributed by atoms with Crippen LogP contribution in [0.4, 0.5) is 5.69 Å². The number of anilines is 1. The molecule has 4 aromatic rings. The van der Waals surface area contributed by atoms with E-state index in [4.69, 9.17) is 27.6 Å². The third kappa shape index (κ3) is 4.32. The molecule has 0 bridgehead atoms. The van der Waals surface area contributed by atoms with Crippen LogP contribution in [-0.2, 0) is 4.79 Å². The third-order valence-corrected chi connectivity index (χ3v) is 4.98. The fourth-order valence-electron chi connectivity index (χ4n) is 2.92. The molecule has 30 heavy (non-hydrogen) atoms. The molecule has 0 atom stereocenters.